The number of fused-ring (bicyclic) bond motifs is 1. The highest BCUT2D eigenvalue weighted by Gasteiger charge is 2.45. The van der Waals surface area contributed by atoms with E-state index in [0.717, 1.165) is 43.1 Å². The maximum absolute atomic E-state index is 13.2. The first-order chi connectivity index (χ1) is 29.5. The monoisotopic (exact) mass is 875 g/mol. The summed E-state index contributed by atoms with van der Waals surface area (Å²) in [6.45, 7) is 11.1. The molecule has 60 heavy (non-hydrogen) atoms. The van der Waals surface area contributed by atoms with Crippen LogP contribution in [-0.4, -0.2) is 192 Å². The number of carbonyl (C=O) groups is 4. The molecule has 2 N–H and O–H groups in total. The van der Waals surface area contributed by atoms with E-state index in [0.29, 0.717) is 151 Å². The van der Waals surface area contributed by atoms with E-state index in [1.807, 2.05) is 0 Å². The van der Waals surface area contributed by atoms with Gasteiger partial charge in [0.1, 0.15) is 6.04 Å². The van der Waals surface area contributed by atoms with Gasteiger partial charge in [-0.1, -0.05) is 18.9 Å². The first-order valence-corrected chi connectivity index (χ1v) is 21.6. The van der Waals surface area contributed by atoms with Crippen molar-refractivity contribution in [3.05, 3.63) is 29.3 Å². The van der Waals surface area contributed by atoms with Crippen LogP contribution in [0, 0.1) is 0 Å². The van der Waals surface area contributed by atoms with Crippen LogP contribution in [0.4, 0.5) is 5.69 Å². The third-order valence-electron chi connectivity index (χ3n) is 8.92. The Hall–Kier alpha value is -2.85. The lowest BCUT2D eigenvalue weighted by Gasteiger charge is -2.27. The second-order valence-corrected chi connectivity index (χ2v) is 13.8. The number of hydrogen-bond acceptors (Lipinski definition) is 16. The number of ether oxygens (including phenoxy) is 11. The van der Waals surface area contributed by atoms with Crippen molar-refractivity contribution < 1.29 is 71.3 Å². The van der Waals surface area contributed by atoms with Gasteiger partial charge >= 0.3 is 0 Å². The molecule has 342 valence electrons. The van der Waals surface area contributed by atoms with Crippen LogP contribution >= 0.6 is 11.6 Å². The number of carbonyl (C=O) groups excluding carboxylic acids is 4. The summed E-state index contributed by atoms with van der Waals surface area (Å²) in [6.07, 6.45) is 4.62. The second-order valence-electron chi connectivity index (χ2n) is 13.4. The molecule has 2 heterocycles. The Labute approximate surface area is 358 Å². The minimum atomic E-state index is -1.01. The summed E-state index contributed by atoms with van der Waals surface area (Å²) >= 11 is 5.66. The largest absolute Gasteiger partial charge is 0.382 e. The maximum atomic E-state index is 13.2. The first kappa shape index (κ1) is 51.5. The summed E-state index contributed by atoms with van der Waals surface area (Å²) in [5, 5.41) is 5.33. The van der Waals surface area contributed by atoms with Crippen LogP contribution in [0.2, 0.25) is 0 Å². The van der Waals surface area contributed by atoms with E-state index >= 15 is 0 Å². The number of rotatable bonds is 41. The number of hydrogen-bond donors (Lipinski definition) is 2. The van der Waals surface area contributed by atoms with Crippen molar-refractivity contribution >= 4 is 40.9 Å². The van der Waals surface area contributed by atoms with Crippen molar-refractivity contribution in [3.63, 3.8) is 0 Å². The summed E-state index contributed by atoms with van der Waals surface area (Å²) in [4.78, 5) is 50.9. The van der Waals surface area contributed by atoms with Gasteiger partial charge in [-0.15, -0.1) is 11.6 Å². The fourth-order valence-electron chi connectivity index (χ4n) is 5.87. The number of alkyl halides is 1. The van der Waals surface area contributed by atoms with Gasteiger partial charge in [0, 0.05) is 31.1 Å². The summed E-state index contributed by atoms with van der Waals surface area (Å²) in [5.74, 6) is -1.44. The number of unbranched alkanes of at least 4 members (excludes halogenated alkanes) is 3. The summed E-state index contributed by atoms with van der Waals surface area (Å²) in [5.41, 5.74) is 0.906. The number of amides is 4. The molecule has 4 amide bonds. The summed E-state index contributed by atoms with van der Waals surface area (Å²) in [7, 11) is 0. The molecule has 2 aliphatic rings. The first-order valence-electron chi connectivity index (χ1n) is 21.0. The van der Waals surface area contributed by atoms with Crippen LogP contribution in [0.15, 0.2) is 18.2 Å². The molecule has 3 rings (SSSR count). The van der Waals surface area contributed by atoms with E-state index in [2.05, 4.69) is 10.6 Å². The Morgan fingerprint density at radius 3 is 1.38 bits per heavy atom. The predicted molar refractivity (Wildman–Crippen MR) is 220 cm³/mol. The minimum absolute atomic E-state index is 0.0649. The van der Waals surface area contributed by atoms with Crippen molar-refractivity contribution in [3.8, 4) is 0 Å². The molecule has 18 nitrogen and oxygen atoms in total. The van der Waals surface area contributed by atoms with Gasteiger partial charge in [0.05, 0.1) is 150 Å². The molecule has 1 saturated heterocycles. The van der Waals surface area contributed by atoms with Gasteiger partial charge in [0.15, 0.2) is 0 Å². The molecule has 1 fully saturated rings. The van der Waals surface area contributed by atoms with E-state index in [4.69, 9.17) is 63.7 Å². The second kappa shape index (κ2) is 34.7. The number of halogens is 1. The molecular formula is C41H66ClN3O15. The number of nitrogens with zero attached hydrogens (tertiary/aromatic N) is 1. The van der Waals surface area contributed by atoms with Gasteiger partial charge in [0.2, 0.25) is 11.8 Å². The van der Waals surface area contributed by atoms with E-state index in [1.165, 1.54) is 0 Å². The van der Waals surface area contributed by atoms with Crippen LogP contribution in [0.1, 0.15) is 59.2 Å². The quantitative estimate of drug-likeness (QED) is 0.0553. The van der Waals surface area contributed by atoms with Crippen LogP contribution in [-0.2, 0) is 61.7 Å². The lowest BCUT2D eigenvalue weighted by atomic mass is 10.0. The van der Waals surface area contributed by atoms with Gasteiger partial charge < -0.3 is 57.4 Å². The SMILES string of the molecule is O=C1CCC(N2C(=O)c3cccc(NCCOCCOCCOCCOCCOCCOCCOCCOCCOCCOCCOCCCCCCCl)c3C2=O)C(=O)N1. The molecule has 0 spiro atoms. The van der Waals surface area contributed by atoms with Crippen LogP contribution < -0.4 is 10.6 Å². The molecule has 19 heteroatoms. The molecule has 1 unspecified atom stereocenters. The zero-order chi connectivity index (χ0) is 42.7. The van der Waals surface area contributed by atoms with Crippen LogP contribution in [0.25, 0.3) is 0 Å². The molecule has 1 aromatic carbocycles. The number of imide groups is 2. The van der Waals surface area contributed by atoms with Crippen molar-refractivity contribution in [2.45, 2.75) is 44.6 Å². The lowest BCUT2D eigenvalue weighted by Crippen LogP contribution is -2.54. The topological polar surface area (TPSA) is 197 Å². The third kappa shape index (κ3) is 22.3. The van der Waals surface area contributed by atoms with Gasteiger partial charge in [-0.3, -0.25) is 29.4 Å². The lowest BCUT2D eigenvalue weighted by molar-refractivity contribution is -0.136. The maximum Gasteiger partial charge on any atom is 0.264 e. The Morgan fingerprint density at radius 2 is 0.950 bits per heavy atom. The number of benzene rings is 1. The molecule has 0 bridgehead atoms. The molecule has 0 aliphatic carbocycles. The zero-order valence-corrected chi connectivity index (χ0v) is 35.7. The van der Waals surface area contributed by atoms with E-state index < -0.39 is 29.7 Å². The Balaban J connectivity index is 0.975. The predicted octanol–water partition coefficient (Wildman–Crippen LogP) is 2.48. The summed E-state index contributed by atoms with van der Waals surface area (Å²) < 4.78 is 60.6. The molecule has 2 aliphatic heterocycles. The Kier molecular flexibility index (Phi) is 29.8. The fraction of sp³-hybridized carbons (Fsp3) is 0.756. The third-order valence-corrected chi connectivity index (χ3v) is 9.19. The molecular weight excluding hydrogens is 810 g/mol. The van der Waals surface area contributed by atoms with Gasteiger partial charge in [-0.25, -0.2) is 0 Å². The molecule has 0 aromatic heterocycles. The highest BCUT2D eigenvalue weighted by Crippen LogP contribution is 2.32. The van der Waals surface area contributed by atoms with Crippen molar-refractivity contribution in [1.29, 1.82) is 0 Å². The van der Waals surface area contributed by atoms with Gasteiger partial charge in [-0.05, 0) is 31.4 Å². The zero-order valence-electron chi connectivity index (χ0n) is 35.0. The minimum Gasteiger partial charge on any atom is -0.382 e. The fourth-order valence-corrected chi connectivity index (χ4v) is 6.06. The molecule has 0 saturated carbocycles. The van der Waals surface area contributed by atoms with Crippen LogP contribution in [0.3, 0.4) is 0 Å². The van der Waals surface area contributed by atoms with Gasteiger partial charge in [-0.2, -0.15) is 0 Å². The standard InChI is InChI=1S/C41H66ClN3O15/c42-10-3-1-2-4-12-50-14-16-52-18-20-54-22-24-56-26-28-58-30-32-60-33-31-59-29-27-57-25-23-55-21-19-53-17-15-51-13-11-43-35-7-5-6-34-38(35)41(49)45(40(34)48)36-8-9-37(46)44-39(36)47/h5-7,36,43H,1-4,8-33H2,(H,44,46,47). The normalized spacial score (nSPS) is 15.3. The molecule has 0 radical (unpaired) electrons. The number of nitrogens with one attached hydrogen (secondary N) is 2. The van der Waals surface area contributed by atoms with Crippen molar-refractivity contribution in [2.24, 2.45) is 0 Å². The van der Waals surface area contributed by atoms with Crippen LogP contribution in [0.5, 0.6) is 0 Å². The highest BCUT2D eigenvalue weighted by molar-refractivity contribution is 6.25. The average Bonchev–Trinajstić information content (AvgIpc) is 3.50. The van der Waals surface area contributed by atoms with Gasteiger partial charge in [0.25, 0.3) is 11.8 Å². The Morgan fingerprint density at radius 1 is 0.533 bits per heavy atom. The number of anilines is 1. The molecule has 1 atom stereocenters. The molecule has 1 aromatic rings. The van der Waals surface area contributed by atoms with E-state index in [-0.39, 0.29) is 24.0 Å². The Bertz CT molecular complexity index is 1330. The smallest absolute Gasteiger partial charge is 0.264 e. The van der Waals surface area contributed by atoms with Crippen molar-refractivity contribution in [2.75, 3.05) is 163 Å². The van der Waals surface area contributed by atoms with Crippen molar-refractivity contribution in [1.82, 2.24) is 10.2 Å². The summed E-state index contributed by atoms with van der Waals surface area (Å²) in [6, 6.07) is 3.90. The number of piperidine rings is 1. The average molecular weight is 876 g/mol. The highest BCUT2D eigenvalue weighted by atomic mass is 35.5. The van der Waals surface area contributed by atoms with E-state index in [1.54, 1.807) is 18.2 Å². The van der Waals surface area contributed by atoms with E-state index in [9.17, 15) is 19.2 Å².